The summed E-state index contributed by atoms with van der Waals surface area (Å²) in [5.41, 5.74) is 3.30. The topological polar surface area (TPSA) is 50.7 Å². The molecule has 94 valence electrons. The number of pyridine rings is 1. The minimum Gasteiger partial charge on any atom is -0.306 e. The summed E-state index contributed by atoms with van der Waals surface area (Å²) in [5, 5.41) is 11.3. The van der Waals surface area contributed by atoms with Gasteiger partial charge in [0.15, 0.2) is 0 Å². The van der Waals surface area contributed by atoms with Gasteiger partial charge in [0.05, 0.1) is 12.2 Å². The van der Waals surface area contributed by atoms with E-state index in [2.05, 4.69) is 33.5 Å². The second kappa shape index (κ2) is 6.21. The van der Waals surface area contributed by atoms with Crippen molar-refractivity contribution in [3.8, 4) is 0 Å². The van der Waals surface area contributed by atoms with E-state index in [0.29, 0.717) is 0 Å². The molecule has 0 saturated heterocycles. The molecule has 0 amide bonds. The Morgan fingerprint density at radius 1 is 1.11 bits per heavy atom. The lowest BCUT2D eigenvalue weighted by molar-refractivity contribution is 0.593. The van der Waals surface area contributed by atoms with E-state index in [0.717, 1.165) is 29.8 Å². The van der Waals surface area contributed by atoms with Crippen LogP contribution in [0, 0.1) is 6.92 Å². The largest absolute Gasteiger partial charge is 0.306 e. The minimum atomic E-state index is 0.133. The molecule has 1 N–H and O–H groups in total. The first-order valence-electron chi connectivity index (χ1n) is 6.23. The Balaban J connectivity index is 2.27. The van der Waals surface area contributed by atoms with Gasteiger partial charge in [-0.1, -0.05) is 13.0 Å². The zero-order valence-corrected chi connectivity index (χ0v) is 10.8. The summed E-state index contributed by atoms with van der Waals surface area (Å²) >= 11 is 0. The summed E-state index contributed by atoms with van der Waals surface area (Å²) < 4.78 is 0. The molecule has 0 radical (unpaired) electrons. The van der Waals surface area contributed by atoms with Crippen molar-refractivity contribution in [1.29, 1.82) is 0 Å². The maximum atomic E-state index is 4.36. The smallest absolute Gasteiger partial charge is 0.0608 e. The summed E-state index contributed by atoms with van der Waals surface area (Å²) in [5.74, 6) is 0. The molecule has 4 nitrogen and oxygen atoms in total. The molecule has 2 heterocycles. The van der Waals surface area contributed by atoms with Gasteiger partial charge in [-0.05, 0) is 43.1 Å². The molecule has 0 aliphatic carbocycles. The zero-order chi connectivity index (χ0) is 12.8. The minimum absolute atomic E-state index is 0.133. The fourth-order valence-electron chi connectivity index (χ4n) is 1.84. The van der Waals surface area contributed by atoms with Gasteiger partial charge >= 0.3 is 0 Å². The SMILES string of the molecule is CCCNC(c1ccnnc1)c1ccc(C)nc1. The average Bonchev–Trinajstić information content (AvgIpc) is 2.42. The van der Waals surface area contributed by atoms with Gasteiger partial charge in [-0.3, -0.25) is 4.98 Å². The maximum absolute atomic E-state index is 4.36. The molecule has 0 aromatic carbocycles. The van der Waals surface area contributed by atoms with Crippen molar-refractivity contribution in [2.75, 3.05) is 6.54 Å². The first kappa shape index (κ1) is 12.6. The van der Waals surface area contributed by atoms with Crippen LogP contribution < -0.4 is 5.32 Å². The van der Waals surface area contributed by atoms with Crippen molar-refractivity contribution >= 4 is 0 Å². The van der Waals surface area contributed by atoms with Crippen LogP contribution in [0.2, 0.25) is 0 Å². The molecule has 4 heteroatoms. The molecular weight excluding hydrogens is 224 g/mol. The van der Waals surface area contributed by atoms with Gasteiger partial charge in [-0.25, -0.2) is 0 Å². The second-order valence-electron chi connectivity index (χ2n) is 4.30. The third-order valence-corrected chi connectivity index (χ3v) is 2.81. The molecule has 0 spiro atoms. The van der Waals surface area contributed by atoms with Gasteiger partial charge in [0, 0.05) is 18.1 Å². The Morgan fingerprint density at radius 2 is 1.94 bits per heavy atom. The van der Waals surface area contributed by atoms with Crippen LogP contribution in [0.25, 0.3) is 0 Å². The summed E-state index contributed by atoms with van der Waals surface area (Å²) in [6.45, 7) is 5.11. The van der Waals surface area contributed by atoms with E-state index in [9.17, 15) is 0 Å². The van der Waals surface area contributed by atoms with Crippen molar-refractivity contribution in [2.24, 2.45) is 0 Å². The van der Waals surface area contributed by atoms with Gasteiger partial charge in [0.25, 0.3) is 0 Å². The number of aryl methyl sites for hydroxylation is 1. The van der Waals surface area contributed by atoms with Crippen LogP contribution in [0.5, 0.6) is 0 Å². The van der Waals surface area contributed by atoms with Crippen molar-refractivity contribution in [3.63, 3.8) is 0 Å². The highest BCUT2D eigenvalue weighted by molar-refractivity contribution is 5.28. The predicted molar refractivity (Wildman–Crippen MR) is 71.1 cm³/mol. The van der Waals surface area contributed by atoms with Crippen LogP contribution >= 0.6 is 0 Å². The quantitative estimate of drug-likeness (QED) is 0.873. The molecule has 0 aliphatic heterocycles. The summed E-state index contributed by atoms with van der Waals surface area (Å²) in [6, 6.07) is 6.26. The van der Waals surface area contributed by atoms with Crippen LogP contribution in [0.4, 0.5) is 0 Å². The van der Waals surface area contributed by atoms with Crippen molar-refractivity contribution in [2.45, 2.75) is 26.3 Å². The fourth-order valence-corrected chi connectivity index (χ4v) is 1.84. The molecule has 0 fully saturated rings. The van der Waals surface area contributed by atoms with Crippen LogP contribution in [-0.4, -0.2) is 21.7 Å². The van der Waals surface area contributed by atoms with E-state index in [1.807, 2.05) is 25.3 Å². The average molecular weight is 242 g/mol. The molecule has 1 unspecified atom stereocenters. The lowest BCUT2D eigenvalue weighted by Gasteiger charge is -2.18. The van der Waals surface area contributed by atoms with Gasteiger partial charge in [-0.15, -0.1) is 0 Å². The Hall–Kier alpha value is -1.81. The van der Waals surface area contributed by atoms with E-state index < -0.39 is 0 Å². The summed E-state index contributed by atoms with van der Waals surface area (Å²) in [7, 11) is 0. The van der Waals surface area contributed by atoms with Crippen LogP contribution in [0.3, 0.4) is 0 Å². The number of rotatable bonds is 5. The second-order valence-corrected chi connectivity index (χ2v) is 4.30. The van der Waals surface area contributed by atoms with Crippen LogP contribution in [0.15, 0.2) is 36.8 Å². The predicted octanol–water partition coefficient (Wildman–Crippen LogP) is 2.27. The first-order chi connectivity index (χ1) is 8.81. The van der Waals surface area contributed by atoms with Gasteiger partial charge in [0.2, 0.25) is 0 Å². The Labute approximate surface area is 107 Å². The number of aromatic nitrogens is 3. The Kier molecular flexibility index (Phi) is 4.36. The number of nitrogens with zero attached hydrogens (tertiary/aromatic N) is 3. The molecule has 0 bridgehead atoms. The fraction of sp³-hybridized carbons (Fsp3) is 0.357. The van der Waals surface area contributed by atoms with Gasteiger partial charge in [0.1, 0.15) is 0 Å². The molecule has 0 saturated carbocycles. The third kappa shape index (κ3) is 3.11. The van der Waals surface area contributed by atoms with E-state index >= 15 is 0 Å². The standard InChI is InChI=1S/C14H18N4/c1-3-7-15-14(13-6-8-17-18-10-13)12-5-4-11(2)16-9-12/h4-6,8-10,14-15H,3,7H2,1-2H3. The highest BCUT2D eigenvalue weighted by atomic mass is 15.1. The van der Waals surface area contributed by atoms with Gasteiger partial charge < -0.3 is 5.32 Å². The summed E-state index contributed by atoms with van der Waals surface area (Å²) in [4.78, 5) is 4.36. The molecule has 2 aromatic rings. The van der Waals surface area contributed by atoms with Crippen LogP contribution in [-0.2, 0) is 0 Å². The lowest BCUT2D eigenvalue weighted by Crippen LogP contribution is -2.23. The number of nitrogens with one attached hydrogen (secondary N) is 1. The Bertz CT molecular complexity index is 467. The van der Waals surface area contributed by atoms with Crippen molar-refractivity contribution in [3.05, 3.63) is 53.6 Å². The number of hydrogen-bond acceptors (Lipinski definition) is 4. The molecule has 2 rings (SSSR count). The maximum Gasteiger partial charge on any atom is 0.0608 e. The molecule has 1 atom stereocenters. The first-order valence-corrected chi connectivity index (χ1v) is 6.23. The molecule has 0 aliphatic rings. The third-order valence-electron chi connectivity index (χ3n) is 2.81. The van der Waals surface area contributed by atoms with E-state index in [1.165, 1.54) is 0 Å². The van der Waals surface area contributed by atoms with E-state index in [1.54, 1.807) is 12.4 Å². The summed E-state index contributed by atoms with van der Waals surface area (Å²) in [6.07, 6.45) is 6.53. The van der Waals surface area contributed by atoms with E-state index in [-0.39, 0.29) is 6.04 Å². The highest BCUT2D eigenvalue weighted by Gasteiger charge is 2.13. The monoisotopic (exact) mass is 242 g/mol. The zero-order valence-electron chi connectivity index (χ0n) is 10.8. The normalized spacial score (nSPS) is 12.3. The van der Waals surface area contributed by atoms with Crippen LogP contribution in [0.1, 0.15) is 36.2 Å². The van der Waals surface area contributed by atoms with Crippen molar-refractivity contribution in [1.82, 2.24) is 20.5 Å². The van der Waals surface area contributed by atoms with Gasteiger partial charge in [-0.2, -0.15) is 10.2 Å². The molecule has 2 aromatic heterocycles. The molecular formula is C14H18N4. The molecule has 18 heavy (non-hydrogen) atoms. The van der Waals surface area contributed by atoms with Crippen molar-refractivity contribution < 1.29 is 0 Å². The highest BCUT2D eigenvalue weighted by Crippen LogP contribution is 2.20. The lowest BCUT2D eigenvalue weighted by atomic mass is 10.0. The number of hydrogen-bond donors (Lipinski definition) is 1. The van der Waals surface area contributed by atoms with E-state index in [4.69, 9.17) is 0 Å². The Morgan fingerprint density at radius 3 is 2.56 bits per heavy atom.